The first kappa shape index (κ1) is 17.7. The fraction of sp³-hybridized carbons (Fsp3) is 0.889. The highest BCUT2D eigenvalue weighted by molar-refractivity contribution is 5.85. The van der Waals surface area contributed by atoms with E-state index in [4.69, 9.17) is 4.74 Å². The second-order valence-electron chi connectivity index (χ2n) is 7.34. The van der Waals surface area contributed by atoms with E-state index in [9.17, 15) is 9.59 Å². The number of hydrogen-bond acceptors (Lipinski definition) is 4. The van der Waals surface area contributed by atoms with E-state index in [1.807, 2.05) is 0 Å². The molecule has 0 unspecified atom stereocenters. The molecule has 6 heteroatoms. The second-order valence-corrected chi connectivity index (χ2v) is 7.34. The molecule has 3 fully saturated rings. The Bertz CT molecular complexity index is 437. The van der Waals surface area contributed by atoms with Crippen LogP contribution in [0.4, 0.5) is 0 Å². The quantitative estimate of drug-likeness (QED) is 0.790. The van der Waals surface area contributed by atoms with E-state index >= 15 is 0 Å². The molecule has 0 aromatic rings. The normalized spacial score (nSPS) is 26.8. The van der Waals surface area contributed by atoms with Crippen LogP contribution in [0.25, 0.3) is 0 Å². The lowest BCUT2D eigenvalue weighted by molar-refractivity contribution is -0.133. The summed E-state index contributed by atoms with van der Waals surface area (Å²) in [5, 5.41) is 2.94. The second kappa shape index (κ2) is 8.81. The number of rotatable bonds is 6. The molecule has 1 atom stereocenters. The minimum absolute atomic E-state index is 0.0507. The van der Waals surface area contributed by atoms with Gasteiger partial charge in [0.2, 0.25) is 11.8 Å². The summed E-state index contributed by atoms with van der Waals surface area (Å²) in [6.07, 6.45) is 9.28. The van der Waals surface area contributed by atoms with Gasteiger partial charge in [-0.2, -0.15) is 0 Å². The molecule has 1 saturated carbocycles. The highest BCUT2D eigenvalue weighted by atomic mass is 16.5. The van der Waals surface area contributed by atoms with Crippen LogP contribution in [0.15, 0.2) is 0 Å². The molecule has 2 heterocycles. The number of amides is 2. The maximum Gasteiger partial charge on any atom is 0.239 e. The Morgan fingerprint density at radius 2 is 2.00 bits per heavy atom. The minimum Gasteiger partial charge on any atom is -0.375 e. The maximum absolute atomic E-state index is 11.9. The molecule has 2 amide bonds. The lowest BCUT2D eigenvalue weighted by Gasteiger charge is -2.40. The predicted molar refractivity (Wildman–Crippen MR) is 91.6 cm³/mol. The Morgan fingerprint density at radius 3 is 2.75 bits per heavy atom. The number of carbonyl (C=O) groups is 2. The van der Waals surface area contributed by atoms with Gasteiger partial charge in [0.25, 0.3) is 0 Å². The van der Waals surface area contributed by atoms with Gasteiger partial charge in [-0.15, -0.1) is 0 Å². The van der Waals surface area contributed by atoms with E-state index in [1.165, 1.54) is 32.1 Å². The Kier molecular flexibility index (Phi) is 6.49. The average molecular weight is 337 g/mol. The van der Waals surface area contributed by atoms with Crippen LogP contribution < -0.4 is 5.32 Å². The van der Waals surface area contributed by atoms with Gasteiger partial charge in [0.05, 0.1) is 19.3 Å². The molecular weight excluding hydrogens is 306 g/mol. The molecule has 0 aromatic heterocycles. The summed E-state index contributed by atoms with van der Waals surface area (Å²) in [4.78, 5) is 27.7. The summed E-state index contributed by atoms with van der Waals surface area (Å²) in [7, 11) is 0. The van der Waals surface area contributed by atoms with Gasteiger partial charge in [0, 0.05) is 38.6 Å². The fourth-order valence-electron chi connectivity index (χ4n) is 4.17. The van der Waals surface area contributed by atoms with Crippen molar-refractivity contribution >= 4 is 11.8 Å². The number of morpholine rings is 1. The summed E-state index contributed by atoms with van der Waals surface area (Å²) in [5.74, 6) is 0.0501. The van der Waals surface area contributed by atoms with Gasteiger partial charge >= 0.3 is 0 Å². The van der Waals surface area contributed by atoms with Crippen LogP contribution in [0.2, 0.25) is 0 Å². The largest absolute Gasteiger partial charge is 0.375 e. The Hall–Kier alpha value is -1.14. The Morgan fingerprint density at radius 1 is 1.17 bits per heavy atom. The van der Waals surface area contributed by atoms with Crippen molar-refractivity contribution in [3.8, 4) is 0 Å². The zero-order valence-corrected chi connectivity index (χ0v) is 14.7. The molecule has 0 spiro atoms. The molecular formula is C18H31N3O3. The number of nitrogens with zero attached hydrogens (tertiary/aromatic N) is 2. The van der Waals surface area contributed by atoms with Gasteiger partial charge in [0.15, 0.2) is 0 Å². The molecule has 136 valence electrons. The number of nitrogens with one attached hydrogen (secondary N) is 1. The van der Waals surface area contributed by atoms with E-state index in [1.54, 1.807) is 4.90 Å². The van der Waals surface area contributed by atoms with Crippen LogP contribution in [-0.4, -0.2) is 73.1 Å². The summed E-state index contributed by atoms with van der Waals surface area (Å²) >= 11 is 0. The van der Waals surface area contributed by atoms with E-state index in [2.05, 4.69) is 10.2 Å². The molecule has 0 aromatic carbocycles. The molecule has 0 radical (unpaired) electrons. The van der Waals surface area contributed by atoms with E-state index in [0.29, 0.717) is 19.5 Å². The first-order chi connectivity index (χ1) is 11.7. The molecule has 2 saturated heterocycles. The fourth-order valence-corrected chi connectivity index (χ4v) is 4.17. The van der Waals surface area contributed by atoms with E-state index in [0.717, 1.165) is 38.6 Å². The molecule has 6 nitrogen and oxygen atoms in total. The van der Waals surface area contributed by atoms with Gasteiger partial charge < -0.3 is 15.0 Å². The van der Waals surface area contributed by atoms with Gasteiger partial charge in [-0.25, -0.2) is 0 Å². The highest BCUT2D eigenvalue weighted by Gasteiger charge is 2.27. The topological polar surface area (TPSA) is 61.9 Å². The van der Waals surface area contributed by atoms with Crippen molar-refractivity contribution in [3.05, 3.63) is 0 Å². The smallest absolute Gasteiger partial charge is 0.239 e. The van der Waals surface area contributed by atoms with E-state index in [-0.39, 0.29) is 24.5 Å². The third-order valence-corrected chi connectivity index (χ3v) is 5.56. The molecule has 2 aliphatic heterocycles. The summed E-state index contributed by atoms with van der Waals surface area (Å²) < 4.78 is 5.87. The average Bonchev–Trinajstić information content (AvgIpc) is 3.01. The van der Waals surface area contributed by atoms with Gasteiger partial charge in [-0.05, 0) is 25.7 Å². The minimum atomic E-state index is -0.0507. The number of ether oxygens (including phenoxy) is 1. The molecule has 3 rings (SSSR count). The lowest BCUT2D eigenvalue weighted by Crippen LogP contribution is -2.49. The summed E-state index contributed by atoms with van der Waals surface area (Å²) in [5.41, 5.74) is 0. The van der Waals surface area contributed by atoms with Crippen LogP contribution in [-0.2, 0) is 14.3 Å². The summed E-state index contributed by atoms with van der Waals surface area (Å²) in [6.45, 7) is 4.39. The summed E-state index contributed by atoms with van der Waals surface area (Å²) in [6, 6.07) is 0.737. The van der Waals surface area contributed by atoms with Gasteiger partial charge in [-0.3, -0.25) is 14.5 Å². The Balaban J connectivity index is 1.33. The van der Waals surface area contributed by atoms with Crippen LogP contribution >= 0.6 is 0 Å². The molecule has 3 aliphatic rings. The van der Waals surface area contributed by atoms with Crippen molar-refractivity contribution in [1.29, 1.82) is 0 Å². The third kappa shape index (κ3) is 4.93. The monoisotopic (exact) mass is 337 g/mol. The highest BCUT2D eigenvalue weighted by Crippen LogP contribution is 2.24. The van der Waals surface area contributed by atoms with Crippen molar-refractivity contribution in [3.63, 3.8) is 0 Å². The molecule has 1 aliphatic carbocycles. The van der Waals surface area contributed by atoms with Gasteiger partial charge in [0.1, 0.15) is 0 Å². The molecule has 24 heavy (non-hydrogen) atoms. The van der Waals surface area contributed by atoms with E-state index < -0.39 is 0 Å². The van der Waals surface area contributed by atoms with Crippen molar-refractivity contribution in [2.24, 2.45) is 0 Å². The molecule has 1 N–H and O–H groups in total. The van der Waals surface area contributed by atoms with Crippen molar-refractivity contribution in [1.82, 2.24) is 15.1 Å². The van der Waals surface area contributed by atoms with Crippen LogP contribution in [0.5, 0.6) is 0 Å². The van der Waals surface area contributed by atoms with Crippen molar-refractivity contribution in [2.45, 2.75) is 63.5 Å². The number of hydrogen-bond donors (Lipinski definition) is 1. The maximum atomic E-state index is 11.9. The standard InChI is InChI=1S/C18H31N3O3/c22-17(14-21-10-4-7-18(21)23)19-9-8-16-13-20(11-12-24-16)15-5-2-1-3-6-15/h15-16H,1-14H2,(H,19,22)/t16-/m0/s1. The van der Waals surface area contributed by atoms with Crippen LogP contribution in [0, 0.1) is 0 Å². The van der Waals surface area contributed by atoms with Crippen molar-refractivity contribution < 1.29 is 14.3 Å². The van der Waals surface area contributed by atoms with Gasteiger partial charge in [-0.1, -0.05) is 19.3 Å². The zero-order valence-electron chi connectivity index (χ0n) is 14.7. The number of carbonyl (C=O) groups excluding carboxylic acids is 2. The lowest BCUT2D eigenvalue weighted by atomic mass is 9.93. The molecule has 0 bridgehead atoms. The third-order valence-electron chi connectivity index (χ3n) is 5.56. The van der Waals surface area contributed by atoms with Crippen molar-refractivity contribution in [2.75, 3.05) is 39.3 Å². The Labute approximate surface area is 144 Å². The van der Waals surface area contributed by atoms with Crippen LogP contribution in [0.1, 0.15) is 51.4 Å². The zero-order chi connectivity index (χ0) is 16.8. The van der Waals surface area contributed by atoms with Crippen LogP contribution in [0.3, 0.4) is 0 Å². The first-order valence-corrected chi connectivity index (χ1v) is 9.62. The SMILES string of the molecule is O=C(CN1CCCC1=O)NCC[C@H]1CN(C2CCCCC2)CCO1. The first-order valence-electron chi connectivity index (χ1n) is 9.62. The number of likely N-dealkylation sites (tertiary alicyclic amines) is 1. The predicted octanol–water partition coefficient (Wildman–Crippen LogP) is 1.15.